The number of hydrogen-bond donors (Lipinski definition) is 3. The molecule has 0 aliphatic carbocycles. The predicted molar refractivity (Wildman–Crippen MR) is 184 cm³/mol. The van der Waals surface area contributed by atoms with Gasteiger partial charge in [-0.25, -0.2) is 4.57 Å². The second-order valence-electron chi connectivity index (χ2n) is 10.9. The van der Waals surface area contributed by atoms with Crippen molar-refractivity contribution in [1.82, 2.24) is 0 Å². The number of hydrogen-bond acceptors (Lipinski definition) is 9. The summed E-state index contributed by atoms with van der Waals surface area (Å²) >= 11 is 0. The van der Waals surface area contributed by atoms with Crippen molar-refractivity contribution < 1.29 is 47.5 Å². The van der Waals surface area contributed by atoms with E-state index in [2.05, 4.69) is 60.9 Å². The molecule has 0 saturated heterocycles. The summed E-state index contributed by atoms with van der Waals surface area (Å²) in [4.78, 5) is 45.5. The van der Waals surface area contributed by atoms with E-state index >= 15 is 0 Å². The van der Waals surface area contributed by atoms with Gasteiger partial charge in [0.15, 0.2) is 6.10 Å². The number of carboxylic acids is 1. The molecular formula is C35H58NO10P. The highest BCUT2D eigenvalue weighted by molar-refractivity contribution is 7.47. The SMILES string of the molecule is CC/C=C\C/C=C\C/C=C\C/C=C\CCC(=O)OC(COC(=O)CCCCCCC/C=C\CCC)COP(=O)(O)OCC(N)C(=O)O. The zero-order chi connectivity index (χ0) is 35.0. The topological polar surface area (TPSA) is 172 Å². The van der Waals surface area contributed by atoms with Crippen molar-refractivity contribution in [2.24, 2.45) is 5.73 Å². The standard InChI is InChI=1S/C35H58NO10P/c1-3-5-7-9-11-13-15-16-17-19-21-23-25-27-34(38)46-31(29-44-47(41,42)45-30-32(36)35(39)40)28-43-33(37)26-24-22-20-18-14-12-10-8-6-4-2/h5,7-8,10-11,13,16-17,21,23,31-32H,3-4,6,9,12,14-15,18-20,22,24-30,36H2,1-2H3,(H,39,40)(H,41,42)/b7-5-,10-8-,13-11-,17-16-,23-21-. The average Bonchev–Trinajstić information content (AvgIpc) is 3.04. The lowest BCUT2D eigenvalue weighted by Gasteiger charge is -2.20. The second kappa shape index (κ2) is 30.5. The zero-order valence-electron chi connectivity index (χ0n) is 28.3. The first-order valence-electron chi connectivity index (χ1n) is 16.8. The molecule has 3 atom stereocenters. The summed E-state index contributed by atoms with van der Waals surface area (Å²) in [5, 5.41) is 8.82. The third-order valence-corrected chi connectivity index (χ3v) is 7.44. The summed E-state index contributed by atoms with van der Waals surface area (Å²) < 4.78 is 32.3. The highest BCUT2D eigenvalue weighted by atomic mass is 31.2. The predicted octanol–water partition coefficient (Wildman–Crippen LogP) is 7.66. The fraction of sp³-hybridized carbons (Fsp3) is 0.629. The minimum atomic E-state index is -4.73. The highest BCUT2D eigenvalue weighted by Gasteiger charge is 2.28. The number of carboxylic acid groups (broad SMARTS) is 1. The Balaban J connectivity index is 4.66. The largest absolute Gasteiger partial charge is 0.480 e. The van der Waals surface area contributed by atoms with Gasteiger partial charge in [0.2, 0.25) is 0 Å². The monoisotopic (exact) mass is 683 g/mol. The smallest absolute Gasteiger partial charge is 0.472 e. The summed E-state index contributed by atoms with van der Waals surface area (Å²) in [6.45, 7) is 2.48. The van der Waals surface area contributed by atoms with Crippen LogP contribution in [0.3, 0.4) is 0 Å². The summed E-state index contributed by atoms with van der Waals surface area (Å²) in [6, 6.07) is -1.53. The van der Waals surface area contributed by atoms with Gasteiger partial charge < -0.3 is 25.2 Å². The van der Waals surface area contributed by atoms with Crippen LogP contribution >= 0.6 is 7.82 Å². The van der Waals surface area contributed by atoms with Crippen LogP contribution in [-0.4, -0.2) is 59.9 Å². The molecule has 0 aliphatic rings. The van der Waals surface area contributed by atoms with Gasteiger partial charge >= 0.3 is 25.7 Å². The van der Waals surface area contributed by atoms with Crippen LogP contribution < -0.4 is 5.73 Å². The summed E-state index contributed by atoms with van der Waals surface area (Å²) in [5.41, 5.74) is 5.29. The first-order chi connectivity index (χ1) is 22.6. The Morgan fingerprint density at radius 2 is 1.23 bits per heavy atom. The van der Waals surface area contributed by atoms with Crippen LogP contribution in [0.1, 0.15) is 110 Å². The molecule has 0 amide bonds. The van der Waals surface area contributed by atoms with Gasteiger partial charge in [-0.15, -0.1) is 0 Å². The molecule has 0 aromatic heterocycles. The molecule has 0 aromatic carbocycles. The third-order valence-electron chi connectivity index (χ3n) is 6.49. The summed E-state index contributed by atoms with van der Waals surface area (Å²) in [5.74, 6) is -2.51. The number of ether oxygens (including phenoxy) is 2. The van der Waals surface area contributed by atoms with Crippen LogP contribution in [0.15, 0.2) is 60.8 Å². The number of nitrogens with two attached hydrogens (primary N) is 1. The lowest BCUT2D eigenvalue weighted by molar-refractivity contribution is -0.161. The number of carbonyl (C=O) groups excluding carboxylic acids is 2. The van der Waals surface area contributed by atoms with Crippen molar-refractivity contribution in [3.8, 4) is 0 Å². The van der Waals surface area contributed by atoms with Gasteiger partial charge in [-0.2, -0.15) is 0 Å². The molecule has 0 aromatic rings. The number of aliphatic carboxylic acids is 1. The maximum absolute atomic E-state index is 12.5. The maximum atomic E-state index is 12.5. The minimum absolute atomic E-state index is 0.0355. The Morgan fingerprint density at radius 1 is 0.681 bits per heavy atom. The van der Waals surface area contributed by atoms with Crippen LogP contribution in [0.5, 0.6) is 0 Å². The normalized spacial score (nSPS) is 14.8. The molecule has 0 bridgehead atoms. The lowest BCUT2D eigenvalue weighted by Crippen LogP contribution is -2.34. The third kappa shape index (κ3) is 30.3. The first-order valence-corrected chi connectivity index (χ1v) is 18.3. The highest BCUT2D eigenvalue weighted by Crippen LogP contribution is 2.43. The first kappa shape index (κ1) is 44.2. The van der Waals surface area contributed by atoms with Crippen LogP contribution in [0.2, 0.25) is 0 Å². The molecule has 0 spiro atoms. The van der Waals surface area contributed by atoms with Crippen LogP contribution in [0, 0.1) is 0 Å². The Bertz CT molecular complexity index is 1040. The molecule has 0 rings (SSSR count). The Labute approximate surface area is 281 Å². The number of carbonyl (C=O) groups is 3. The van der Waals surface area contributed by atoms with E-state index in [1.54, 1.807) is 0 Å². The Morgan fingerprint density at radius 3 is 1.87 bits per heavy atom. The average molecular weight is 684 g/mol. The number of esters is 2. The molecule has 0 fully saturated rings. The van der Waals surface area contributed by atoms with Gasteiger partial charge in [0, 0.05) is 12.8 Å². The molecule has 4 N–H and O–H groups in total. The van der Waals surface area contributed by atoms with Crippen molar-refractivity contribution >= 4 is 25.7 Å². The van der Waals surface area contributed by atoms with E-state index < -0.39 is 51.1 Å². The quantitative estimate of drug-likeness (QED) is 0.0294. The molecule has 12 heteroatoms. The maximum Gasteiger partial charge on any atom is 0.472 e. The van der Waals surface area contributed by atoms with E-state index in [9.17, 15) is 23.8 Å². The fourth-order valence-corrected chi connectivity index (χ4v) is 4.62. The van der Waals surface area contributed by atoms with Crippen molar-refractivity contribution in [3.05, 3.63) is 60.8 Å². The molecule has 0 radical (unpaired) electrons. The van der Waals surface area contributed by atoms with Crippen molar-refractivity contribution in [3.63, 3.8) is 0 Å². The van der Waals surface area contributed by atoms with Gasteiger partial charge in [0.05, 0.1) is 13.2 Å². The van der Waals surface area contributed by atoms with Gasteiger partial charge in [0.1, 0.15) is 12.6 Å². The molecular weight excluding hydrogens is 625 g/mol. The molecule has 268 valence electrons. The van der Waals surface area contributed by atoms with E-state index in [0.29, 0.717) is 12.8 Å². The molecule has 3 unspecified atom stereocenters. The van der Waals surface area contributed by atoms with Gasteiger partial charge in [-0.3, -0.25) is 23.4 Å². The number of allylic oxidation sites excluding steroid dienone is 10. The number of phosphoric ester groups is 1. The number of phosphoric acid groups is 1. The van der Waals surface area contributed by atoms with E-state index in [1.165, 1.54) is 0 Å². The van der Waals surface area contributed by atoms with E-state index in [0.717, 1.165) is 70.6 Å². The zero-order valence-corrected chi connectivity index (χ0v) is 29.2. The van der Waals surface area contributed by atoms with E-state index in [4.69, 9.17) is 24.8 Å². The van der Waals surface area contributed by atoms with Crippen molar-refractivity contribution in [2.45, 2.75) is 122 Å². The molecule has 47 heavy (non-hydrogen) atoms. The Kier molecular flexibility index (Phi) is 28.7. The Hall–Kier alpha value is -2.82. The molecule has 0 heterocycles. The van der Waals surface area contributed by atoms with E-state index in [-0.39, 0.29) is 19.4 Å². The summed E-state index contributed by atoms with van der Waals surface area (Å²) in [7, 11) is -4.73. The molecule has 11 nitrogen and oxygen atoms in total. The van der Waals surface area contributed by atoms with Gasteiger partial charge in [-0.1, -0.05) is 100 Å². The van der Waals surface area contributed by atoms with Crippen molar-refractivity contribution in [2.75, 3.05) is 19.8 Å². The van der Waals surface area contributed by atoms with Gasteiger partial charge in [-0.05, 0) is 57.8 Å². The minimum Gasteiger partial charge on any atom is -0.480 e. The molecule has 0 aliphatic heterocycles. The van der Waals surface area contributed by atoms with Crippen LogP contribution in [0.4, 0.5) is 0 Å². The summed E-state index contributed by atoms with van der Waals surface area (Å²) in [6.07, 6.45) is 31.9. The molecule has 0 saturated carbocycles. The van der Waals surface area contributed by atoms with E-state index in [1.807, 2.05) is 18.2 Å². The lowest BCUT2D eigenvalue weighted by atomic mass is 10.1. The van der Waals surface area contributed by atoms with Crippen LogP contribution in [-0.2, 0) is 37.5 Å². The van der Waals surface area contributed by atoms with Crippen molar-refractivity contribution in [1.29, 1.82) is 0 Å². The number of rotatable bonds is 30. The van der Waals surface area contributed by atoms with Crippen LogP contribution in [0.25, 0.3) is 0 Å². The second-order valence-corrected chi connectivity index (χ2v) is 12.4. The number of unbranched alkanes of at least 4 members (excludes halogenated alkanes) is 6. The van der Waals surface area contributed by atoms with Gasteiger partial charge in [0.25, 0.3) is 0 Å². The fourth-order valence-electron chi connectivity index (χ4n) is 3.84.